The molecular weight excluding hydrogens is 378 g/mol. The summed E-state index contributed by atoms with van der Waals surface area (Å²) in [6.07, 6.45) is 0. The van der Waals surface area contributed by atoms with Crippen molar-refractivity contribution in [3.63, 3.8) is 0 Å². The van der Waals surface area contributed by atoms with E-state index >= 15 is 0 Å². The van der Waals surface area contributed by atoms with Crippen molar-refractivity contribution < 1.29 is 14.3 Å². The fraction of sp³-hybridized carbons (Fsp3) is 0.333. The van der Waals surface area contributed by atoms with Crippen LogP contribution in [0.4, 0.5) is 0 Å². The van der Waals surface area contributed by atoms with E-state index in [2.05, 4.69) is 10.2 Å². The fourth-order valence-electron chi connectivity index (χ4n) is 3.02. The Morgan fingerprint density at radius 1 is 0.964 bits per heavy atom. The van der Waals surface area contributed by atoms with Crippen LogP contribution >= 0.6 is 11.6 Å². The van der Waals surface area contributed by atoms with Gasteiger partial charge in [0.1, 0.15) is 12.4 Å². The highest BCUT2D eigenvalue weighted by molar-refractivity contribution is 6.30. The van der Waals surface area contributed by atoms with Gasteiger partial charge in [0.2, 0.25) is 5.91 Å². The fourth-order valence-corrected chi connectivity index (χ4v) is 3.15. The molecule has 148 valence electrons. The molecule has 0 aliphatic carbocycles. The van der Waals surface area contributed by atoms with Crippen LogP contribution in [0.3, 0.4) is 0 Å². The summed E-state index contributed by atoms with van der Waals surface area (Å²) >= 11 is 5.83. The first kappa shape index (κ1) is 20.2. The summed E-state index contributed by atoms with van der Waals surface area (Å²) in [5.74, 6) is 0.726. The molecular formula is C21H24ClN3O3. The van der Waals surface area contributed by atoms with E-state index in [9.17, 15) is 9.59 Å². The number of ether oxygens (including phenoxy) is 1. The van der Waals surface area contributed by atoms with E-state index in [-0.39, 0.29) is 11.8 Å². The van der Waals surface area contributed by atoms with Crippen molar-refractivity contribution in [1.29, 1.82) is 0 Å². The van der Waals surface area contributed by atoms with E-state index < -0.39 is 0 Å². The summed E-state index contributed by atoms with van der Waals surface area (Å²) < 4.78 is 5.55. The Hall–Kier alpha value is -2.57. The summed E-state index contributed by atoms with van der Waals surface area (Å²) in [5.41, 5.74) is 0.703. The predicted octanol–water partition coefficient (Wildman–Crippen LogP) is 2.29. The maximum atomic E-state index is 12.4. The maximum Gasteiger partial charge on any atom is 0.253 e. The monoisotopic (exact) mass is 401 g/mol. The first-order valence-electron chi connectivity index (χ1n) is 9.33. The van der Waals surface area contributed by atoms with Crippen molar-refractivity contribution in [3.8, 4) is 5.75 Å². The summed E-state index contributed by atoms with van der Waals surface area (Å²) in [5, 5.41) is 3.52. The lowest BCUT2D eigenvalue weighted by Crippen LogP contribution is -2.51. The third-order valence-electron chi connectivity index (χ3n) is 4.55. The molecule has 7 heteroatoms. The number of hydrogen-bond donors (Lipinski definition) is 1. The highest BCUT2D eigenvalue weighted by Gasteiger charge is 2.23. The van der Waals surface area contributed by atoms with Crippen LogP contribution in [0.5, 0.6) is 5.75 Å². The highest BCUT2D eigenvalue weighted by Crippen LogP contribution is 2.15. The van der Waals surface area contributed by atoms with Crippen LogP contribution in [-0.2, 0) is 4.79 Å². The lowest BCUT2D eigenvalue weighted by atomic mass is 10.2. The molecule has 2 aromatic rings. The van der Waals surface area contributed by atoms with Crippen LogP contribution in [-0.4, -0.2) is 67.5 Å². The Balaban J connectivity index is 1.32. The molecule has 0 spiro atoms. The molecule has 1 fully saturated rings. The van der Waals surface area contributed by atoms with Crippen molar-refractivity contribution >= 4 is 23.4 Å². The number of carbonyl (C=O) groups excluding carboxylic acids is 2. The first-order chi connectivity index (χ1) is 13.6. The zero-order valence-electron chi connectivity index (χ0n) is 15.6. The molecule has 0 saturated carbocycles. The van der Waals surface area contributed by atoms with Crippen molar-refractivity contribution in [3.05, 3.63) is 65.2 Å². The molecule has 0 aromatic heterocycles. The van der Waals surface area contributed by atoms with E-state index in [1.54, 1.807) is 24.3 Å². The van der Waals surface area contributed by atoms with Gasteiger partial charge >= 0.3 is 0 Å². The van der Waals surface area contributed by atoms with Gasteiger partial charge in [-0.2, -0.15) is 0 Å². The van der Waals surface area contributed by atoms with Gasteiger partial charge in [0.05, 0.1) is 13.1 Å². The number of carbonyl (C=O) groups is 2. The Bertz CT molecular complexity index is 775. The molecule has 3 rings (SSSR count). The minimum absolute atomic E-state index is 0.0393. The van der Waals surface area contributed by atoms with Crippen LogP contribution in [0, 0.1) is 0 Å². The lowest BCUT2D eigenvalue weighted by molar-refractivity contribution is -0.122. The standard InChI is InChI=1S/C21H24ClN3O3/c22-18-6-8-19(9-7-18)28-15-10-23-20(26)16-24-11-13-25(14-12-24)21(27)17-4-2-1-3-5-17/h1-9H,10-16H2,(H,23,26). The second kappa shape index (κ2) is 10.1. The number of nitrogens with zero attached hydrogens (tertiary/aromatic N) is 2. The van der Waals surface area contributed by atoms with Gasteiger partial charge in [-0.1, -0.05) is 29.8 Å². The number of nitrogens with one attached hydrogen (secondary N) is 1. The number of halogens is 1. The Labute approximate surface area is 170 Å². The predicted molar refractivity (Wildman–Crippen MR) is 109 cm³/mol. The van der Waals surface area contributed by atoms with Gasteiger partial charge in [0, 0.05) is 36.8 Å². The second-order valence-corrected chi connectivity index (χ2v) is 7.02. The number of amides is 2. The van der Waals surface area contributed by atoms with Crippen molar-refractivity contribution in [2.24, 2.45) is 0 Å². The Kier molecular flexibility index (Phi) is 7.28. The SMILES string of the molecule is O=C(CN1CCN(C(=O)c2ccccc2)CC1)NCCOc1ccc(Cl)cc1. The zero-order chi connectivity index (χ0) is 19.8. The maximum absolute atomic E-state index is 12.4. The van der Waals surface area contributed by atoms with E-state index in [4.69, 9.17) is 16.3 Å². The quantitative estimate of drug-likeness (QED) is 0.723. The van der Waals surface area contributed by atoms with Crippen LogP contribution in [0.1, 0.15) is 10.4 Å². The summed E-state index contributed by atoms with van der Waals surface area (Å²) in [4.78, 5) is 28.4. The molecule has 1 aliphatic heterocycles. The Morgan fingerprint density at radius 2 is 1.64 bits per heavy atom. The normalized spacial score (nSPS) is 14.5. The van der Waals surface area contributed by atoms with Crippen LogP contribution in [0.25, 0.3) is 0 Å². The molecule has 1 N–H and O–H groups in total. The average molecular weight is 402 g/mol. The third-order valence-corrected chi connectivity index (χ3v) is 4.81. The molecule has 28 heavy (non-hydrogen) atoms. The van der Waals surface area contributed by atoms with Crippen LogP contribution in [0.15, 0.2) is 54.6 Å². The van der Waals surface area contributed by atoms with E-state index in [0.717, 1.165) is 5.75 Å². The van der Waals surface area contributed by atoms with Gasteiger partial charge in [-0.05, 0) is 36.4 Å². The van der Waals surface area contributed by atoms with E-state index in [0.29, 0.717) is 56.5 Å². The van der Waals surface area contributed by atoms with Gasteiger partial charge in [0.25, 0.3) is 5.91 Å². The zero-order valence-corrected chi connectivity index (χ0v) is 16.4. The number of hydrogen-bond acceptors (Lipinski definition) is 4. The molecule has 6 nitrogen and oxygen atoms in total. The topological polar surface area (TPSA) is 61.9 Å². The second-order valence-electron chi connectivity index (χ2n) is 6.59. The number of benzene rings is 2. The molecule has 1 heterocycles. The highest BCUT2D eigenvalue weighted by atomic mass is 35.5. The molecule has 2 amide bonds. The third kappa shape index (κ3) is 5.97. The average Bonchev–Trinajstić information content (AvgIpc) is 2.73. The molecule has 0 radical (unpaired) electrons. The summed E-state index contributed by atoms with van der Waals surface area (Å²) in [7, 11) is 0. The minimum atomic E-state index is -0.0393. The van der Waals surface area contributed by atoms with E-state index in [1.807, 2.05) is 35.2 Å². The number of piperazine rings is 1. The van der Waals surface area contributed by atoms with Crippen LogP contribution in [0.2, 0.25) is 5.02 Å². The minimum Gasteiger partial charge on any atom is -0.492 e. The van der Waals surface area contributed by atoms with Gasteiger partial charge in [0.15, 0.2) is 0 Å². The molecule has 0 bridgehead atoms. The largest absolute Gasteiger partial charge is 0.492 e. The smallest absolute Gasteiger partial charge is 0.253 e. The Morgan fingerprint density at radius 3 is 2.32 bits per heavy atom. The first-order valence-corrected chi connectivity index (χ1v) is 9.71. The van der Waals surface area contributed by atoms with E-state index in [1.165, 1.54) is 0 Å². The molecule has 1 aliphatic rings. The van der Waals surface area contributed by atoms with Gasteiger partial charge in [-0.3, -0.25) is 14.5 Å². The molecule has 0 atom stereocenters. The van der Waals surface area contributed by atoms with Gasteiger partial charge in [-0.25, -0.2) is 0 Å². The van der Waals surface area contributed by atoms with Crippen molar-refractivity contribution in [2.45, 2.75) is 0 Å². The molecule has 2 aromatic carbocycles. The van der Waals surface area contributed by atoms with Crippen LogP contribution < -0.4 is 10.1 Å². The van der Waals surface area contributed by atoms with Crippen molar-refractivity contribution in [2.75, 3.05) is 45.9 Å². The summed E-state index contributed by atoms with van der Waals surface area (Å²) in [6, 6.07) is 16.4. The molecule has 0 unspecified atom stereocenters. The van der Waals surface area contributed by atoms with Crippen molar-refractivity contribution in [1.82, 2.24) is 15.1 Å². The summed E-state index contributed by atoms with van der Waals surface area (Å²) in [6.45, 7) is 3.79. The molecule has 1 saturated heterocycles. The van der Waals surface area contributed by atoms with Gasteiger partial charge in [-0.15, -0.1) is 0 Å². The number of rotatable bonds is 7. The van der Waals surface area contributed by atoms with Gasteiger partial charge < -0.3 is 15.0 Å². The lowest BCUT2D eigenvalue weighted by Gasteiger charge is -2.34.